The SMILES string of the molecule is COC(=O)c1sc(-c2ccc([N+](=O)[O-])cc2)cc1Nc1cc(OC)c(OC)c(OC)c1. The zero-order chi connectivity index (χ0) is 22.5. The van der Waals surface area contributed by atoms with Crippen molar-refractivity contribution < 1.29 is 28.7 Å². The predicted molar refractivity (Wildman–Crippen MR) is 117 cm³/mol. The van der Waals surface area contributed by atoms with Crippen LogP contribution in [-0.2, 0) is 4.74 Å². The summed E-state index contributed by atoms with van der Waals surface area (Å²) in [6.07, 6.45) is 0. The fourth-order valence-corrected chi connectivity index (χ4v) is 3.96. The number of nitrogens with zero attached hydrogens (tertiary/aromatic N) is 1. The lowest BCUT2D eigenvalue weighted by atomic mass is 10.1. The summed E-state index contributed by atoms with van der Waals surface area (Å²) < 4.78 is 21.0. The second kappa shape index (κ2) is 9.35. The van der Waals surface area contributed by atoms with Gasteiger partial charge in [0, 0.05) is 34.8 Å². The van der Waals surface area contributed by atoms with Crippen molar-refractivity contribution in [3.05, 3.63) is 57.5 Å². The van der Waals surface area contributed by atoms with Crippen LogP contribution in [0.4, 0.5) is 17.1 Å². The monoisotopic (exact) mass is 444 g/mol. The molecule has 9 nitrogen and oxygen atoms in total. The van der Waals surface area contributed by atoms with Crippen LogP contribution in [0, 0.1) is 10.1 Å². The molecule has 10 heteroatoms. The van der Waals surface area contributed by atoms with Crippen LogP contribution < -0.4 is 19.5 Å². The minimum Gasteiger partial charge on any atom is -0.493 e. The average Bonchev–Trinajstić information content (AvgIpc) is 3.21. The third-order valence-corrected chi connectivity index (χ3v) is 5.57. The smallest absolute Gasteiger partial charge is 0.350 e. The minimum atomic E-state index is -0.506. The molecule has 0 bridgehead atoms. The van der Waals surface area contributed by atoms with Crippen LogP contribution in [0.5, 0.6) is 17.2 Å². The van der Waals surface area contributed by atoms with Gasteiger partial charge in [0.1, 0.15) is 4.88 Å². The van der Waals surface area contributed by atoms with Crippen molar-refractivity contribution in [2.24, 2.45) is 0 Å². The number of nitro groups is 1. The molecule has 0 amide bonds. The topological polar surface area (TPSA) is 109 Å². The van der Waals surface area contributed by atoms with E-state index in [1.807, 2.05) is 0 Å². The van der Waals surface area contributed by atoms with E-state index in [0.29, 0.717) is 33.5 Å². The summed E-state index contributed by atoms with van der Waals surface area (Å²) in [6.45, 7) is 0. The van der Waals surface area contributed by atoms with E-state index >= 15 is 0 Å². The van der Waals surface area contributed by atoms with E-state index in [-0.39, 0.29) is 5.69 Å². The number of benzene rings is 2. The van der Waals surface area contributed by atoms with Gasteiger partial charge < -0.3 is 24.3 Å². The fraction of sp³-hybridized carbons (Fsp3) is 0.190. The fourth-order valence-electron chi connectivity index (χ4n) is 2.93. The van der Waals surface area contributed by atoms with Gasteiger partial charge in [-0.25, -0.2) is 4.79 Å². The lowest BCUT2D eigenvalue weighted by molar-refractivity contribution is -0.384. The molecule has 3 rings (SSSR count). The van der Waals surface area contributed by atoms with Gasteiger partial charge in [-0.3, -0.25) is 10.1 Å². The lowest BCUT2D eigenvalue weighted by Crippen LogP contribution is -2.03. The molecule has 1 heterocycles. The van der Waals surface area contributed by atoms with E-state index < -0.39 is 10.9 Å². The molecule has 31 heavy (non-hydrogen) atoms. The van der Waals surface area contributed by atoms with Crippen molar-refractivity contribution in [2.45, 2.75) is 0 Å². The minimum absolute atomic E-state index is 0.00994. The van der Waals surface area contributed by atoms with E-state index in [1.165, 1.54) is 51.9 Å². The molecule has 0 saturated heterocycles. The molecule has 1 N–H and O–H groups in total. The number of rotatable bonds is 8. The number of nitro benzene ring substituents is 1. The molecule has 3 aromatic rings. The molecule has 162 valence electrons. The first-order valence-corrected chi connectivity index (χ1v) is 9.77. The van der Waals surface area contributed by atoms with Crippen LogP contribution in [0.2, 0.25) is 0 Å². The van der Waals surface area contributed by atoms with Crippen molar-refractivity contribution in [3.63, 3.8) is 0 Å². The van der Waals surface area contributed by atoms with Gasteiger partial charge in [-0.15, -0.1) is 11.3 Å². The number of esters is 1. The number of carbonyl (C=O) groups excluding carboxylic acids is 1. The quantitative estimate of drug-likeness (QED) is 0.297. The van der Waals surface area contributed by atoms with Crippen molar-refractivity contribution in [1.29, 1.82) is 0 Å². The van der Waals surface area contributed by atoms with Crippen LogP contribution in [0.25, 0.3) is 10.4 Å². The lowest BCUT2D eigenvalue weighted by Gasteiger charge is -2.15. The van der Waals surface area contributed by atoms with Gasteiger partial charge in [0.25, 0.3) is 5.69 Å². The number of non-ortho nitro benzene ring substituents is 1. The molecule has 0 spiro atoms. The van der Waals surface area contributed by atoms with E-state index in [2.05, 4.69) is 5.32 Å². The molecule has 2 aromatic carbocycles. The highest BCUT2D eigenvalue weighted by molar-refractivity contribution is 7.18. The summed E-state index contributed by atoms with van der Waals surface area (Å²) in [7, 11) is 5.84. The highest BCUT2D eigenvalue weighted by Crippen LogP contribution is 2.42. The number of ether oxygens (including phenoxy) is 4. The number of nitrogens with one attached hydrogen (secondary N) is 1. The van der Waals surface area contributed by atoms with Crippen molar-refractivity contribution in [1.82, 2.24) is 0 Å². The molecule has 0 fully saturated rings. The van der Waals surface area contributed by atoms with Gasteiger partial charge in [0.2, 0.25) is 5.75 Å². The molecule has 0 atom stereocenters. The maximum absolute atomic E-state index is 12.3. The van der Waals surface area contributed by atoms with Crippen LogP contribution in [0.15, 0.2) is 42.5 Å². The number of hydrogen-bond acceptors (Lipinski definition) is 9. The summed E-state index contributed by atoms with van der Waals surface area (Å²) in [6, 6.07) is 11.3. The Morgan fingerprint density at radius 1 is 0.968 bits per heavy atom. The summed E-state index contributed by atoms with van der Waals surface area (Å²) in [5.74, 6) is 0.846. The second-order valence-corrected chi connectivity index (χ2v) is 7.24. The zero-order valence-corrected chi connectivity index (χ0v) is 18.1. The van der Waals surface area contributed by atoms with Gasteiger partial charge >= 0.3 is 5.97 Å². The molecular weight excluding hydrogens is 424 g/mol. The number of carbonyl (C=O) groups is 1. The van der Waals surface area contributed by atoms with Crippen LogP contribution in [0.1, 0.15) is 9.67 Å². The van der Waals surface area contributed by atoms with Crippen molar-refractivity contribution >= 4 is 34.4 Å². The number of methoxy groups -OCH3 is 4. The van der Waals surface area contributed by atoms with Gasteiger partial charge in [-0.2, -0.15) is 0 Å². The Kier molecular flexibility index (Phi) is 6.61. The Labute approximate surface area is 182 Å². The van der Waals surface area contributed by atoms with Crippen LogP contribution >= 0.6 is 11.3 Å². The number of thiophene rings is 1. The summed E-state index contributed by atoms with van der Waals surface area (Å²) in [4.78, 5) is 23.9. The van der Waals surface area contributed by atoms with Crippen molar-refractivity contribution in [2.75, 3.05) is 33.8 Å². The van der Waals surface area contributed by atoms with Crippen molar-refractivity contribution in [3.8, 4) is 27.7 Å². The largest absolute Gasteiger partial charge is 0.493 e. The van der Waals surface area contributed by atoms with Gasteiger partial charge in [-0.1, -0.05) is 0 Å². The number of hydrogen-bond donors (Lipinski definition) is 1. The third-order valence-electron chi connectivity index (χ3n) is 4.41. The van der Waals surface area contributed by atoms with E-state index in [0.717, 1.165) is 10.4 Å². The first-order chi connectivity index (χ1) is 14.9. The Hall–Kier alpha value is -3.79. The number of anilines is 2. The highest BCUT2D eigenvalue weighted by atomic mass is 32.1. The second-order valence-electron chi connectivity index (χ2n) is 6.19. The van der Waals surface area contributed by atoms with Crippen LogP contribution in [0.3, 0.4) is 0 Å². The zero-order valence-electron chi connectivity index (χ0n) is 17.3. The molecule has 1 aromatic heterocycles. The summed E-state index contributed by atoms with van der Waals surface area (Å²) in [5.41, 5.74) is 1.84. The Bertz CT molecular complexity index is 1080. The average molecular weight is 444 g/mol. The van der Waals surface area contributed by atoms with Crippen LogP contribution in [-0.4, -0.2) is 39.3 Å². The Balaban J connectivity index is 2.03. The molecule has 0 unspecified atom stereocenters. The first kappa shape index (κ1) is 21.9. The normalized spacial score (nSPS) is 10.3. The standard InChI is InChI=1S/C21H20N2O7S/c1-27-16-9-13(10-17(28-2)19(16)29-3)22-15-11-18(31-20(15)21(24)30-4)12-5-7-14(8-6-12)23(25)26/h5-11,22H,1-4H3. The molecule has 0 saturated carbocycles. The maximum atomic E-state index is 12.3. The molecule has 0 aliphatic rings. The van der Waals surface area contributed by atoms with Gasteiger partial charge in [0.15, 0.2) is 11.5 Å². The summed E-state index contributed by atoms with van der Waals surface area (Å²) in [5, 5.41) is 14.1. The Morgan fingerprint density at radius 2 is 1.58 bits per heavy atom. The first-order valence-electron chi connectivity index (χ1n) is 8.95. The molecule has 0 aliphatic carbocycles. The van der Waals surface area contributed by atoms with Gasteiger partial charge in [-0.05, 0) is 23.8 Å². The highest BCUT2D eigenvalue weighted by Gasteiger charge is 2.20. The predicted octanol–water partition coefficient (Wildman–Crippen LogP) is 4.88. The third kappa shape index (κ3) is 4.53. The van der Waals surface area contributed by atoms with E-state index in [1.54, 1.807) is 30.3 Å². The molecule has 0 radical (unpaired) electrons. The van der Waals surface area contributed by atoms with Gasteiger partial charge in [0.05, 0.1) is 39.0 Å². The van der Waals surface area contributed by atoms with E-state index in [9.17, 15) is 14.9 Å². The maximum Gasteiger partial charge on any atom is 0.350 e. The van der Waals surface area contributed by atoms with E-state index in [4.69, 9.17) is 18.9 Å². The summed E-state index contributed by atoms with van der Waals surface area (Å²) >= 11 is 1.21. The molecular formula is C21H20N2O7S. The molecule has 0 aliphatic heterocycles. The Morgan fingerprint density at radius 3 is 2.06 bits per heavy atom.